The molecule has 136 valence electrons. The van der Waals surface area contributed by atoms with Crippen LogP contribution in [0.15, 0.2) is 48.7 Å². The quantitative estimate of drug-likeness (QED) is 0.925. The third-order valence-electron chi connectivity index (χ3n) is 5.38. The number of pyridine rings is 1. The Labute approximate surface area is 155 Å². The van der Waals surface area contributed by atoms with Gasteiger partial charge in [-0.1, -0.05) is 24.3 Å². The van der Waals surface area contributed by atoms with E-state index in [1.807, 2.05) is 41.4 Å². The molecule has 5 nitrogen and oxygen atoms in total. The molecule has 0 spiro atoms. The van der Waals surface area contributed by atoms with Crippen LogP contribution in [0.1, 0.15) is 41.2 Å². The van der Waals surface area contributed by atoms with E-state index in [9.17, 15) is 4.79 Å². The van der Waals surface area contributed by atoms with Gasteiger partial charge in [0.1, 0.15) is 5.82 Å². The molecule has 2 saturated heterocycles. The fourth-order valence-electron chi connectivity index (χ4n) is 3.94. The SMILES string of the molecule is O=C(c1ccccc1)N1CCCCC1c1ccc(N2CCNCC2)nc1. The van der Waals surface area contributed by atoms with Gasteiger partial charge < -0.3 is 15.1 Å². The number of likely N-dealkylation sites (tertiary alicyclic amines) is 1. The van der Waals surface area contributed by atoms with Gasteiger partial charge in [-0.25, -0.2) is 4.98 Å². The third kappa shape index (κ3) is 3.58. The van der Waals surface area contributed by atoms with Gasteiger partial charge in [-0.05, 0) is 43.0 Å². The van der Waals surface area contributed by atoms with Crippen LogP contribution in [0.2, 0.25) is 0 Å². The molecule has 2 fully saturated rings. The molecule has 26 heavy (non-hydrogen) atoms. The average Bonchev–Trinajstić information content (AvgIpc) is 2.75. The van der Waals surface area contributed by atoms with Crippen LogP contribution in [-0.4, -0.2) is 48.5 Å². The van der Waals surface area contributed by atoms with Crippen LogP contribution in [0, 0.1) is 0 Å². The molecule has 1 aromatic carbocycles. The Hall–Kier alpha value is -2.40. The molecule has 1 aromatic heterocycles. The van der Waals surface area contributed by atoms with Crippen molar-refractivity contribution in [3.63, 3.8) is 0 Å². The van der Waals surface area contributed by atoms with Crippen LogP contribution in [0.5, 0.6) is 0 Å². The van der Waals surface area contributed by atoms with Crippen molar-refractivity contribution in [3.05, 3.63) is 59.8 Å². The number of aromatic nitrogens is 1. The molecule has 1 amide bonds. The standard InChI is InChI=1S/C21H26N4O/c26-21(17-6-2-1-3-7-17)25-13-5-4-8-19(25)18-9-10-20(23-16-18)24-14-11-22-12-15-24/h1-3,6-7,9-10,16,19,22H,4-5,8,11-15H2. The first-order valence-electron chi connectivity index (χ1n) is 9.60. The highest BCUT2D eigenvalue weighted by molar-refractivity contribution is 5.94. The molecule has 1 N–H and O–H groups in total. The number of nitrogens with one attached hydrogen (secondary N) is 1. The van der Waals surface area contributed by atoms with Crippen LogP contribution < -0.4 is 10.2 Å². The summed E-state index contributed by atoms with van der Waals surface area (Å²) in [4.78, 5) is 22.0. The number of nitrogens with zero attached hydrogens (tertiary/aromatic N) is 3. The second-order valence-corrected chi connectivity index (χ2v) is 7.06. The molecule has 3 heterocycles. The van der Waals surface area contributed by atoms with Crippen molar-refractivity contribution in [2.75, 3.05) is 37.6 Å². The van der Waals surface area contributed by atoms with E-state index in [0.717, 1.165) is 68.9 Å². The van der Waals surface area contributed by atoms with Crippen LogP contribution in [0.4, 0.5) is 5.82 Å². The van der Waals surface area contributed by atoms with Crippen LogP contribution in [0.3, 0.4) is 0 Å². The fraction of sp³-hybridized carbons (Fsp3) is 0.429. The molecule has 4 rings (SSSR count). The lowest BCUT2D eigenvalue weighted by Gasteiger charge is -2.36. The summed E-state index contributed by atoms with van der Waals surface area (Å²) in [6.07, 6.45) is 5.20. The highest BCUT2D eigenvalue weighted by Crippen LogP contribution is 2.32. The number of amides is 1. The number of benzene rings is 1. The molecule has 2 aromatic rings. The smallest absolute Gasteiger partial charge is 0.254 e. The lowest BCUT2D eigenvalue weighted by atomic mass is 9.95. The minimum Gasteiger partial charge on any atom is -0.354 e. The van der Waals surface area contributed by atoms with Crippen LogP contribution in [0.25, 0.3) is 0 Å². The number of carbonyl (C=O) groups excluding carboxylic acids is 1. The summed E-state index contributed by atoms with van der Waals surface area (Å²) >= 11 is 0. The van der Waals surface area contributed by atoms with E-state index < -0.39 is 0 Å². The zero-order chi connectivity index (χ0) is 17.8. The molecule has 1 unspecified atom stereocenters. The molecule has 2 aliphatic heterocycles. The van der Waals surface area contributed by atoms with Gasteiger partial charge in [0.05, 0.1) is 6.04 Å². The van der Waals surface area contributed by atoms with E-state index >= 15 is 0 Å². The van der Waals surface area contributed by atoms with Gasteiger partial charge in [0.15, 0.2) is 0 Å². The zero-order valence-electron chi connectivity index (χ0n) is 15.1. The molecule has 2 aliphatic rings. The lowest BCUT2D eigenvalue weighted by Crippen LogP contribution is -2.44. The summed E-state index contributed by atoms with van der Waals surface area (Å²) in [5, 5.41) is 3.37. The largest absolute Gasteiger partial charge is 0.354 e. The zero-order valence-corrected chi connectivity index (χ0v) is 15.1. The van der Waals surface area contributed by atoms with E-state index in [4.69, 9.17) is 4.98 Å². The summed E-state index contributed by atoms with van der Waals surface area (Å²) in [6, 6.07) is 14.0. The molecule has 0 radical (unpaired) electrons. The first kappa shape index (κ1) is 17.0. The van der Waals surface area contributed by atoms with Crippen molar-refractivity contribution < 1.29 is 4.79 Å². The number of piperidine rings is 1. The minimum absolute atomic E-state index is 0.126. The third-order valence-corrected chi connectivity index (χ3v) is 5.38. The van der Waals surface area contributed by atoms with Gasteiger partial charge in [0.25, 0.3) is 5.91 Å². The van der Waals surface area contributed by atoms with Gasteiger partial charge >= 0.3 is 0 Å². The van der Waals surface area contributed by atoms with E-state index in [-0.39, 0.29) is 11.9 Å². The number of hydrogen-bond donors (Lipinski definition) is 1. The second-order valence-electron chi connectivity index (χ2n) is 7.06. The summed E-state index contributed by atoms with van der Waals surface area (Å²) < 4.78 is 0. The van der Waals surface area contributed by atoms with Gasteiger partial charge in [0.2, 0.25) is 0 Å². The topological polar surface area (TPSA) is 48.5 Å². The summed E-state index contributed by atoms with van der Waals surface area (Å²) in [6.45, 7) is 4.82. The van der Waals surface area contributed by atoms with Crippen molar-refractivity contribution in [1.82, 2.24) is 15.2 Å². The van der Waals surface area contributed by atoms with E-state index in [1.54, 1.807) is 0 Å². The minimum atomic E-state index is 0.126. The maximum Gasteiger partial charge on any atom is 0.254 e. The molecule has 0 aliphatic carbocycles. The van der Waals surface area contributed by atoms with Crippen molar-refractivity contribution in [2.24, 2.45) is 0 Å². The Morgan fingerprint density at radius 2 is 1.81 bits per heavy atom. The number of hydrogen-bond acceptors (Lipinski definition) is 4. The van der Waals surface area contributed by atoms with Gasteiger partial charge in [0, 0.05) is 44.5 Å². The Morgan fingerprint density at radius 1 is 1.00 bits per heavy atom. The molecule has 1 atom stereocenters. The Morgan fingerprint density at radius 3 is 2.54 bits per heavy atom. The van der Waals surface area contributed by atoms with Crippen LogP contribution >= 0.6 is 0 Å². The lowest BCUT2D eigenvalue weighted by molar-refractivity contribution is 0.0611. The normalized spacial score (nSPS) is 20.8. The van der Waals surface area contributed by atoms with Gasteiger partial charge in [-0.15, -0.1) is 0 Å². The monoisotopic (exact) mass is 350 g/mol. The Bertz CT molecular complexity index is 725. The molecular formula is C21H26N4O. The number of rotatable bonds is 3. The predicted molar refractivity (Wildman–Crippen MR) is 103 cm³/mol. The van der Waals surface area contributed by atoms with Gasteiger partial charge in [-0.2, -0.15) is 0 Å². The Balaban J connectivity index is 1.53. The second kappa shape index (κ2) is 7.87. The maximum atomic E-state index is 13.0. The molecule has 5 heteroatoms. The summed E-state index contributed by atoms with van der Waals surface area (Å²) in [5.74, 6) is 1.16. The number of anilines is 1. The van der Waals surface area contributed by atoms with E-state index in [1.165, 1.54) is 0 Å². The fourth-order valence-corrected chi connectivity index (χ4v) is 3.94. The van der Waals surface area contributed by atoms with Crippen LogP contribution in [-0.2, 0) is 0 Å². The van der Waals surface area contributed by atoms with E-state index in [0.29, 0.717) is 0 Å². The van der Waals surface area contributed by atoms with Gasteiger partial charge in [-0.3, -0.25) is 4.79 Å². The predicted octanol–water partition coefficient (Wildman–Crippen LogP) is 2.86. The highest BCUT2D eigenvalue weighted by atomic mass is 16.2. The Kier molecular flexibility index (Phi) is 5.16. The van der Waals surface area contributed by atoms with Crippen molar-refractivity contribution >= 4 is 11.7 Å². The van der Waals surface area contributed by atoms with Crippen molar-refractivity contribution in [1.29, 1.82) is 0 Å². The highest BCUT2D eigenvalue weighted by Gasteiger charge is 2.29. The molecule has 0 bridgehead atoms. The summed E-state index contributed by atoms with van der Waals surface area (Å²) in [5.41, 5.74) is 1.91. The average molecular weight is 350 g/mol. The molecular weight excluding hydrogens is 324 g/mol. The van der Waals surface area contributed by atoms with Crippen molar-refractivity contribution in [2.45, 2.75) is 25.3 Å². The number of carbonyl (C=O) groups is 1. The maximum absolute atomic E-state index is 13.0. The molecule has 0 saturated carbocycles. The first-order valence-corrected chi connectivity index (χ1v) is 9.60. The summed E-state index contributed by atoms with van der Waals surface area (Å²) in [7, 11) is 0. The number of piperazine rings is 1. The van der Waals surface area contributed by atoms with E-state index in [2.05, 4.69) is 22.3 Å². The van der Waals surface area contributed by atoms with Crippen molar-refractivity contribution in [3.8, 4) is 0 Å². The first-order chi connectivity index (χ1) is 12.8.